The number of rotatable bonds is 5. The average Bonchev–Trinajstić information content (AvgIpc) is 3.20. The second kappa shape index (κ2) is 8.08. The molecule has 0 saturated carbocycles. The number of fused-ring (bicyclic) bond motifs is 5. The molecule has 0 aliphatic carbocycles. The lowest BCUT2D eigenvalue weighted by Gasteiger charge is -2.38. The fourth-order valence-corrected chi connectivity index (χ4v) is 5.74. The zero-order chi connectivity index (χ0) is 26.2. The molecule has 1 aromatic heterocycles. The summed E-state index contributed by atoms with van der Waals surface area (Å²) < 4.78 is 8.71. The van der Waals surface area contributed by atoms with E-state index in [-0.39, 0.29) is 5.41 Å². The summed E-state index contributed by atoms with van der Waals surface area (Å²) >= 11 is 0. The summed E-state index contributed by atoms with van der Waals surface area (Å²) in [4.78, 5) is 0. The van der Waals surface area contributed by atoms with Crippen LogP contribution in [0.2, 0.25) is 0 Å². The van der Waals surface area contributed by atoms with Crippen molar-refractivity contribution in [3.05, 3.63) is 96.1 Å². The quantitative estimate of drug-likeness (QED) is 0.282. The molecule has 0 unspecified atom stereocenters. The molecule has 0 saturated heterocycles. The molecule has 0 radical (unpaired) electrons. The van der Waals surface area contributed by atoms with Gasteiger partial charge in [-0.1, -0.05) is 92.1 Å². The van der Waals surface area contributed by atoms with Crippen LogP contribution in [0.1, 0.15) is 52.7 Å². The Kier molecular flexibility index (Phi) is 5.25. The Morgan fingerprint density at radius 2 is 1.51 bits per heavy atom. The maximum Gasteiger partial charge on any atom is 0.309 e. The fourth-order valence-electron chi connectivity index (χ4n) is 5.74. The second-order valence-electron chi connectivity index (χ2n) is 11.9. The highest BCUT2D eigenvalue weighted by atomic mass is 16.5. The van der Waals surface area contributed by atoms with Crippen molar-refractivity contribution in [2.24, 2.45) is 0 Å². The Morgan fingerprint density at radius 1 is 0.811 bits per heavy atom. The number of hydrogen-bond donors (Lipinski definition) is 1. The lowest BCUT2D eigenvalue weighted by atomic mass is 9.70. The summed E-state index contributed by atoms with van der Waals surface area (Å²) in [6.45, 7) is 12.2. The number of aromatic nitrogens is 1. The summed E-state index contributed by atoms with van der Waals surface area (Å²) in [5, 5.41) is 13.2. The SMILES string of the molecule is CC1(C)c2cc(BOC(C)(C)C(C)(C)O)ccc2-n2c3ccccc3c3ccc(-c4ccccc4)c1c32. The van der Waals surface area contributed by atoms with Gasteiger partial charge in [0.05, 0.1) is 27.9 Å². The Morgan fingerprint density at radius 3 is 2.24 bits per heavy atom. The average molecular weight is 487 g/mol. The maximum atomic E-state index is 10.6. The van der Waals surface area contributed by atoms with Crippen molar-refractivity contribution in [1.29, 1.82) is 0 Å². The lowest BCUT2D eigenvalue weighted by Crippen LogP contribution is -2.49. The minimum absolute atomic E-state index is 0.230. The third-order valence-electron chi connectivity index (χ3n) is 8.59. The van der Waals surface area contributed by atoms with E-state index in [1.807, 2.05) is 13.8 Å². The van der Waals surface area contributed by atoms with Crippen LogP contribution in [-0.4, -0.2) is 28.4 Å². The van der Waals surface area contributed by atoms with Gasteiger partial charge in [0.2, 0.25) is 0 Å². The summed E-state index contributed by atoms with van der Waals surface area (Å²) in [7, 11) is 0.440. The van der Waals surface area contributed by atoms with Crippen LogP contribution in [0.4, 0.5) is 0 Å². The van der Waals surface area contributed by atoms with E-state index >= 15 is 0 Å². The standard InChI is InChI=1S/C33H34BNO2/c1-31(2)26-20-22(34-37-33(5,6)32(3,4)36)16-19-28(26)35-27-15-11-10-14-24(27)25-18-17-23(29(31)30(25)35)21-12-8-7-9-13-21/h7-20,34,36H,1-6H3. The van der Waals surface area contributed by atoms with Crippen LogP contribution >= 0.6 is 0 Å². The van der Waals surface area contributed by atoms with E-state index in [0.717, 1.165) is 5.46 Å². The van der Waals surface area contributed by atoms with Gasteiger partial charge in [-0.3, -0.25) is 0 Å². The number of nitrogens with zero attached hydrogens (tertiary/aromatic N) is 1. The summed E-state index contributed by atoms with van der Waals surface area (Å²) in [6.07, 6.45) is 0. The van der Waals surface area contributed by atoms with Crippen molar-refractivity contribution >= 4 is 34.8 Å². The molecule has 2 heterocycles. The van der Waals surface area contributed by atoms with Crippen LogP contribution in [0.25, 0.3) is 38.6 Å². The van der Waals surface area contributed by atoms with Crippen molar-refractivity contribution in [2.75, 3.05) is 0 Å². The smallest absolute Gasteiger partial charge is 0.309 e. The molecule has 1 aliphatic rings. The topological polar surface area (TPSA) is 34.4 Å². The summed E-state index contributed by atoms with van der Waals surface area (Å²) in [6, 6.07) is 30.8. The van der Waals surface area contributed by atoms with Gasteiger partial charge >= 0.3 is 7.48 Å². The van der Waals surface area contributed by atoms with Crippen molar-refractivity contribution in [3.8, 4) is 16.8 Å². The van der Waals surface area contributed by atoms with Crippen molar-refractivity contribution in [2.45, 2.75) is 58.2 Å². The Bertz CT molecular complexity index is 1660. The molecule has 0 spiro atoms. The van der Waals surface area contributed by atoms with Crippen molar-refractivity contribution in [1.82, 2.24) is 4.57 Å². The van der Waals surface area contributed by atoms with Gasteiger partial charge in [0.25, 0.3) is 0 Å². The first kappa shape index (κ1) is 24.0. The first-order valence-corrected chi connectivity index (χ1v) is 13.1. The minimum Gasteiger partial charge on any atom is -0.427 e. The number of aliphatic hydroxyl groups is 1. The van der Waals surface area contributed by atoms with Crippen LogP contribution in [0.5, 0.6) is 0 Å². The molecule has 186 valence electrons. The Balaban J connectivity index is 1.60. The van der Waals surface area contributed by atoms with Gasteiger partial charge in [0, 0.05) is 16.2 Å². The zero-order valence-corrected chi connectivity index (χ0v) is 22.6. The van der Waals surface area contributed by atoms with E-state index in [1.54, 1.807) is 13.8 Å². The van der Waals surface area contributed by atoms with Crippen molar-refractivity contribution in [3.63, 3.8) is 0 Å². The molecule has 5 aromatic rings. The first-order valence-electron chi connectivity index (χ1n) is 13.1. The number of hydrogen-bond acceptors (Lipinski definition) is 2. The molecule has 3 nitrogen and oxygen atoms in total. The van der Waals surface area contributed by atoms with Crippen LogP contribution in [0.15, 0.2) is 84.9 Å². The predicted molar refractivity (Wildman–Crippen MR) is 157 cm³/mol. The van der Waals surface area contributed by atoms with E-state index in [4.69, 9.17) is 4.65 Å². The van der Waals surface area contributed by atoms with Gasteiger partial charge in [-0.15, -0.1) is 0 Å². The van der Waals surface area contributed by atoms with Gasteiger partial charge in [-0.2, -0.15) is 0 Å². The van der Waals surface area contributed by atoms with Crippen molar-refractivity contribution < 1.29 is 9.76 Å². The molecule has 4 heteroatoms. The lowest BCUT2D eigenvalue weighted by molar-refractivity contribution is -0.0893. The number of para-hydroxylation sites is 1. The van der Waals surface area contributed by atoms with Gasteiger partial charge in [-0.05, 0) is 62.1 Å². The molecule has 0 bridgehead atoms. The maximum absolute atomic E-state index is 10.6. The third-order valence-corrected chi connectivity index (χ3v) is 8.59. The summed E-state index contributed by atoms with van der Waals surface area (Å²) in [5.74, 6) is 0. The van der Waals surface area contributed by atoms with E-state index in [1.165, 1.54) is 49.7 Å². The molecule has 37 heavy (non-hydrogen) atoms. The minimum atomic E-state index is -0.945. The van der Waals surface area contributed by atoms with Gasteiger partial charge in [-0.25, -0.2) is 0 Å². The van der Waals surface area contributed by atoms with E-state index in [2.05, 4.69) is 103 Å². The molecule has 0 fully saturated rings. The Hall–Kier alpha value is -3.34. The van der Waals surface area contributed by atoms with E-state index in [0.29, 0.717) is 7.48 Å². The highest BCUT2D eigenvalue weighted by Crippen LogP contribution is 2.50. The highest BCUT2D eigenvalue weighted by molar-refractivity contribution is 6.47. The van der Waals surface area contributed by atoms with E-state index in [9.17, 15) is 5.11 Å². The zero-order valence-electron chi connectivity index (χ0n) is 22.6. The molecule has 0 atom stereocenters. The molecular formula is C33H34BNO2. The fraction of sp³-hybridized carbons (Fsp3) is 0.273. The van der Waals surface area contributed by atoms with Gasteiger partial charge in [0.1, 0.15) is 0 Å². The molecule has 0 amide bonds. The third kappa shape index (κ3) is 3.58. The molecule has 1 N–H and O–H groups in total. The van der Waals surface area contributed by atoms with Crippen LogP contribution in [0.3, 0.4) is 0 Å². The molecule has 6 rings (SSSR count). The monoisotopic (exact) mass is 487 g/mol. The highest BCUT2D eigenvalue weighted by Gasteiger charge is 2.38. The van der Waals surface area contributed by atoms with Crippen LogP contribution in [-0.2, 0) is 10.1 Å². The normalized spacial score (nSPS) is 14.7. The van der Waals surface area contributed by atoms with Gasteiger partial charge < -0.3 is 14.3 Å². The largest absolute Gasteiger partial charge is 0.427 e. The molecule has 1 aliphatic heterocycles. The first-order chi connectivity index (χ1) is 17.5. The van der Waals surface area contributed by atoms with Crippen LogP contribution < -0.4 is 5.46 Å². The summed E-state index contributed by atoms with van der Waals surface area (Å²) in [5.41, 5.74) is 8.16. The Labute approximate surface area is 220 Å². The van der Waals surface area contributed by atoms with E-state index < -0.39 is 11.2 Å². The molecular weight excluding hydrogens is 453 g/mol. The van der Waals surface area contributed by atoms with Crippen LogP contribution in [0, 0.1) is 0 Å². The van der Waals surface area contributed by atoms with Gasteiger partial charge in [0.15, 0.2) is 0 Å². The number of benzene rings is 4. The predicted octanol–water partition coefficient (Wildman–Crippen LogP) is 6.63. The second-order valence-corrected chi connectivity index (χ2v) is 11.9. The molecule has 4 aromatic carbocycles.